The zero-order valence-corrected chi connectivity index (χ0v) is 15.3. The summed E-state index contributed by atoms with van der Waals surface area (Å²) in [6.07, 6.45) is 1.71. The molecular formula is C17H24BrNO3. The molecule has 0 N–H and O–H groups in total. The summed E-state index contributed by atoms with van der Waals surface area (Å²) in [5.74, 6) is 1.32. The lowest BCUT2D eigenvalue weighted by molar-refractivity contribution is 0.0205. The number of methoxy groups -OCH3 is 1. The van der Waals surface area contributed by atoms with E-state index in [2.05, 4.69) is 28.1 Å². The summed E-state index contributed by atoms with van der Waals surface area (Å²) in [6.45, 7) is 7.16. The van der Waals surface area contributed by atoms with Crippen molar-refractivity contribution in [3.8, 4) is 5.75 Å². The Morgan fingerprint density at radius 2 is 1.91 bits per heavy atom. The van der Waals surface area contributed by atoms with E-state index in [0.29, 0.717) is 5.92 Å². The summed E-state index contributed by atoms with van der Waals surface area (Å²) in [5.41, 5.74) is 0.853. The number of benzene rings is 1. The van der Waals surface area contributed by atoms with Crippen LogP contribution in [-0.2, 0) is 4.74 Å². The van der Waals surface area contributed by atoms with Gasteiger partial charge in [0.05, 0.1) is 11.6 Å². The van der Waals surface area contributed by atoms with Crippen LogP contribution in [0.15, 0.2) is 22.7 Å². The molecule has 1 fully saturated rings. The largest absolute Gasteiger partial charge is 0.496 e. The van der Waals surface area contributed by atoms with Gasteiger partial charge in [-0.1, -0.05) is 6.07 Å². The van der Waals surface area contributed by atoms with Gasteiger partial charge >= 0.3 is 6.09 Å². The minimum absolute atomic E-state index is 0.207. The molecule has 1 aliphatic rings. The summed E-state index contributed by atoms with van der Waals surface area (Å²) in [7, 11) is 1.67. The highest BCUT2D eigenvalue weighted by Gasteiger charge is 2.27. The van der Waals surface area contributed by atoms with Gasteiger partial charge in [0.25, 0.3) is 0 Å². The SMILES string of the molecule is COc1ccc(C2CCN(C(=O)OC(C)(C)C)CC2)cc1Br. The summed E-state index contributed by atoms with van der Waals surface area (Å²) >= 11 is 3.53. The third-order valence-corrected chi connectivity index (χ3v) is 4.41. The van der Waals surface area contributed by atoms with E-state index in [-0.39, 0.29) is 6.09 Å². The summed E-state index contributed by atoms with van der Waals surface area (Å²) < 4.78 is 11.7. The van der Waals surface area contributed by atoms with Crippen LogP contribution in [0.1, 0.15) is 45.1 Å². The molecule has 0 radical (unpaired) electrons. The van der Waals surface area contributed by atoms with E-state index >= 15 is 0 Å². The molecule has 22 heavy (non-hydrogen) atoms. The molecular weight excluding hydrogens is 346 g/mol. The molecule has 5 heteroatoms. The molecule has 0 unspecified atom stereocenters. The van der Waals surface area contributed by atoms with Crippen LogP contribution in [0.4, 0.5) is 4.79 Å². The number of piperidine rings is 1. The molecule has 122 valence electrons. The lowest BCUT2D eigenvalue weighted by atomic mass is 9.89. The van der Waals surface area contributed by atoms with Gasteiger partial charge in [0.1, 0.15) is 11.4 Å². The average molecular weight is 370 g/mol. The van der Waals surface area contributed by atoms with Gasteiger partial charge in [-0.25, -0.2) is 4.79 Å². The Bertz CT molecular complexity index is 531. The quantitative estimate of drug-likeness (QED) is 0.765. The molecule has 0 bridgehead atoms. The topological polar surface area (TPSA) is 38.8 Å². The van der Waals surface area contributed by atoms with E-state index in [4.69, 9.17) is 9.47 Å². The Morgan fingerprint density at radius 3 is 2.41 bits per heavy atom. The first-order chi connectivity index (χ1) is 10.3. The first-order valence-corrected chi connectivity index (χ1v) is 8.41. The fourth-order valence-corrected chi connectivity index (χ4v) is 3.22. The van der Waals surface area contributed by atoms with Gasteiger partial charge in [0.15, 0.2) is 0 Å². The van der Waals surface area contributed by atoms with Gasteiger partial charge in [-0.2, -0.15) is 0 Å². The fraction of sp³-hybridized carbons (Fsp3) is 0.588. The Balaban J connectivity index is 1.94. The second kappa shape index (κ2) is 6.90. The number of carbonyl (C=O) groups is 1. The summed E-state index contributed by atoms with van der Waals surface area (Å²) in [5, 5.41) is 0. The molecule has 1 aromatic carbocycles. The number of hydrogen-bond acceptors (Lipinski definition) is 3. The zero-order valence-electron chi connectivity index (χ0n) is 13.7. The fourth-order valence-electron chi connectivity index (χ4n) is 2.66. The minimum Gasteiger partial charge on any atom is -0.496 e. The Morgan fingerprint density at radius 1 is 1.27 bits per heavy atom. The minimum atomic E-state index is -0.436. The smallest absolute Gasteiger partial charge is 0.410 e. The standard InChI is InChI=1S/C17H24BrNO3/c1-17(2,3)22-16(20)19-9-7-12(8-10-19)13-5-6-15(21-4)14(18)11-13/h5-6,11-12H,7-10H2,1-4H3. The van der Waals surface area contributed by atoms with Crippen LogP contribution < -0.4 is 4.74 Å². The van der Waals surface area contributed by atoms with Crippen molar-refractivity contribution in [2.45, 2.75) is 45.1 Å². The van der Waals surface area contributed by atoms with Crippen LogP contribution in [0.3, 0.4) is 0 Å². The van der Waals surface area contributed by atoms with Crippen LogP contribution in [-0.4, -0.2) is 36.8 Å². The maximum atomic E-state index is 12.1. The molecule has 1 aliphatic heterocycles. The lowest BCUT2D eigenvalue weighted by Gasteiger charge is -2.33. The predicted octanol–water partition coefficient (Wildman–Crippen LogP) is 4.57. The Labute approximate surface area is 140 Å². The normalized spacial score (nSPS) is 16.5. The number of carbonyl (C=O) groups excluding carboxylic acids is 1. The average Bonchev–Trinajstić information content (AvgIpc) is 2.45. The number of nitrogens with zero attached hydrogens (tertiary/aromatic N) is 1. The molecule has 0 saturated carbocycles. The van der Waals surface area contributed by atoms with E-state index in [9.17, 15) is 4.79 Å². The van der Waals surface area contributed by atoms with Crippen LogP contribution in [0, 0.1) is 0 Å². The van der Waals surface area contributed by atoms with Crippen molar-refractivity contribution in [2.24, 2.45) is 0 Å². The highest BCUT2D eigenvalue weighted by molar-refractivity contribution is 9.10. The molecule has 0 spiro atoms. The highest BCUT2D eigenvalue weighted by atomic mass is 79.9. The van der Waals surface area contributed by atoms with Gasteiger partial charge in [0, 0.05) is 13.1 Å². The van der Waals surface area contributed by atoms with E-state index in [1.54, 1.807) is 12.0 Å². The van der Waals surface area contributed by atoms with E-state index < -0.39 is 5.60 Å². The second-order valence-electron chi connectivity index (χ2n) is 6.64. The number of rotatable bonds is 2. The number of likely N-dealkylation sites (tertiary alicyclic amines) is 1. The first kappa shape index (κ1) is 17.1. The molecule has 1 saturated heterocycles. The number of amides is 1. The number of hydrogen-bond donors (Lipinski definition) is 0. The number of ether oxygens (including phenoxy) is 2. The first-order valence-electron chi connectivity index (χ1n) is 7.61. The molecule has 0 atom stereocenters. The van der Waals surface area contributed by atoms with Crippen molar-refractivity contribution in [1.82, 2.24) is 4.90 Å². The van der Waals surface area contributed by atoms with E-state index in [0.717, 1.165) is 36.2 Å². The van der Waals surface area contributed by atoms with Crippen molar-refractivity contribution < 1.29 is 14.3 Å². The summed E-state index contributed by atoms with van der Waals surface area (Å²) in [4.78, 5) is 13.9. The van der Waals surface area contributed by atoms with Crippen LogP contribution in [0.5, 0.6) is 5.75 Å². The molecule has 1 heterocycles. The van der Waals surface area contributed by atoms with Crippen molar-refractivity contribution in [3.05, 3.63) is 28.2 Å². The zero-order chi connectivity index (χ0) is 16.3. The molecule has 0 aromatic heterocycles. The van der Waals surface area contributed by atoms with E-state index in [1.165, 1.54) is 5.56 Å². The maximum Gasteiger partial charge on any atom is 0.410 e. The lowest BCUT2D eigenvalue weighted by Crippen LogP contribution is -2.41. The molecule has 0 aliphatic carbocycles. The van der Waals surface area contributed by atoms with Crippen molar-refractivity contribution in [3.63, 3.8) is 0 Å². The van der Waals surface area contributed by atoms with Crippen LogP contribution >= 0.6 is 15.9 Å². The highest BCUT2D eigenvalue weighted by Crippen LogP contribution is 2.33. The van der Waals surface area contributed by atoms with Gasteiger partial charge < -0.3 is 14.4 Å². The number of halogens is 1. The third kappa shape index (κ3) is 4.38. The van der Waals surface area contributed by atoms with Gasteiger partial charge in [0.2, 0.25) is 0 Å². The second-order valence-corrected chi connectivity index (χ2v) is 7.49. The summed E-state index contributed by atoms with van der Waals surface area (Å²) in [6, 6.07) is 6.21. The van der Waals surface area contributed by atoms with Gasteiger partial charge in [-0.3, -0.25) is 0 Å². The molecule has 4 nitrogen and oxygen atoms in total. The third-order valence-electron chi connectivity index (χ3n) is 3.79. The predicted molar refractivity (Wildman–Crippen MR) is 90.5 cm³/mol. The van der Waals surface area contributed by atoms with Gasteiger partial charge in [-0.15, -0.1) is 0 Å². The van der Waals surface area contributed by atoms with Gasteiger partial charge in [-0.05, 0) is 73.2 Å². The van der Waals surface area contributed by atoms with Crippen molar-refractivity contribution in [1.29, 1.82) is 0 Å². The molecule has 1 amide bonds. The monoisotopic (exact) mass is 369 g/mol. The molecule has 2 rings (SSSR count). The Hall–Kier alpha value is -1.23. The van der Waals surface area contributed by atoms with Crippen LogP contribution in [0.25, 0.3) is 0 Å². The maximum absolute atomic E-state index is 12.1. The molecule has 1 aromatic rings. The van der Waals surface area contributed by atoms with Crippen LogP contribution in [0.2, 0.25) is 0 Å². The van der Waals surface area contributed by atoms with Crippen molar-refractivity contribution >= 4 is 22.0 Å². The Kier molecular flexibility index (Phi) is 5.37. The van der Waals surface area contributed by atoms with E-state index in [1.807, 2.05) is 26.8 Å². The van der Waals surface area contributed by atoms with Crippen molar-refractivity contribution in [2.75, 3.05) is 20.2 Å².